The molecule has 0 aliphatic carbocycles. The van der Waals surface area contributed by atoms with Crippen molar-refractivity contribution in [2.75, 3.05) is 13.1 Å². The van der Waals surface area contributed by atoms with Gasteiger partial charge >= 0.3 is 6.18 Å². The lowest BCUT2D eigenvalue weighted by molar-refractivity contribution is -0.137. The third-order valence-corrected chi connectivity index (χ3v) is 8.04. The molecule has 1 saturated heterocycles. The minimum atomic E-state index is -4.45. The van der Waals surface area contributed by atoms with Gasteiger partial charge in [0.1, 0.15) is 12.3 Å². The smallest absolute Gasteiger partial charge is 0.416 e. The molecule has 4 aromatic rings. The van der Waals surface area contributed by atoms with Crippen molar-refractivity contribution in [2.24, 2.45) is 0 Å². The van der Waals surface area contributed by atoms with Crippen LogP contribution in [0.3, 0.4) is 0 Å². The van der Waals surface area contributed by atoms with Crippen molar-refractivity contribution in [3.8, 4) is 0 Å². The number of aryl methyl sites for hydroxylation is 2. The third-order valence-electron chi connectivity index (χ3n) is 8.04. The molecule has 1 aromatic heterocycles. The normalized spacial score (nSPS) is 16.3. The zero-order valence-electron chi connectivity index (χ0n) is 25.7. The van der Waals surface area contributed by atoms with E-state index < -0.39 is 29.8 Å². The molecule has 242 valence electrons. The number of aromatic nitrogens is 1. The molecule has 11 heteroatoms. The second-order valence-corrected chi connectivity index (χ2v) is 11.7. The summed E-state index contributed by atoms with van der Waals surface area (Å²) in [4.78, 5) is 33.4. The molecule has 0 spiro atoms. The number of nitrogens with one attached hydrogen (secondary N) is 2. The number of carbonyl (C=O) groups is 2. The van der Waals surface area contributed by atoms with Gasteiger partial charge in [-0.2, -0.15) is 13.2 Å². The molecule has 0 bridgehead atoms. The van der Waals surface area contributed by atoms with Crippen LogP contribution in [0.5, 0.6) is 0 Å². The van der Waals surface area contributed by atoms with Crippen LogP contribution in [0.2, 0.25) is 0 Å². The number of benzene rings is 3. The fourth-order valence-electron chi connectivity index (χ4n) is 5.76. The third kappa shape index (κ3) is 8.21. The van der Waals surface area contributed by atoms with Gasteiger partial charge in [-0.15, -0.1) is 0 Å². The molecular weight excluding hydrogens is 597 g/mol. The zero-order valence-corrected chi connectivity index (χ0v) is 25.7. The highest BCUT2D eigenvalue weighted by atomic mass is 19.4. The van der Waals surface area contributed by atoms with Crippen molar-refractivity contribution >= 4 is 11.8 Å². The predicted molar refractivity (Wildman–Crippen MR) is 166 cm³/mol. The van der Waals surface area contributed by atoms with E-state index in [1.807, 2.05) is 37.3 Å². The Bertz CT molecular complexity index is 1660. The highest BCUT2D eigenvalue weighted by Crippen LogP contribution is 2.33. The molecule has 0 radical (unpaired) electrons. The molecule has 1 aliphatic rings. The number of alkyl halides is 3. The van der Waals surface area contributed by atoms with Crippen LogP contribution in [0.1, 0.15) is 73.4 Å². The molecule has 3 N–H and O–H groups in total. The van der Waals surface area contributed by atoms with Crippen LogP contribution in [0.15, 0.2) is 83.5 Å². The first-order chi connectivity index (χ1) is 22.0. The van der Waals surface area contributed by atoms with Crippen LogP contribution in [0.4, 0.5) is 13.2 Å². The van der Waals surface area contributed by atoms with Crippen molar-refractivity contribution in [2.45, 2.75) is 64.0 Å². The fraction of sp³-hybridized carbons (Fsp3) is 0.343. The Balaban J connectivity index is 1.29. The van der Waals surface area contributed by atoms with Crippen molar-refractivity contribution in [1.29, 1.82) is 0 Å². The van der Waals surface area contributed by atoms with E-state index in [1.54, 1.807) is 42.4 Å². The van der Waals surface area contributed by atoms with Crippen molar-refractivity contribution in [3.05, 3.63) is 124 Å². The largest absolute Gasteiger partial charge is 0.446 e. The van der Waals surface area contributed by atoms with Gasteiger partial charge in [-0.1, -0.05) is 48.5 Å². The van der Waals surface area contributed by atoms with Gasteiger partial charge in [-0.05, 0) is 74.1 Å². The number of hydrogen-bond acceptors (Lipinski definition) is 6. The summed E-state index contributed by atoms with van der Waals surface area (Å²) in [5, 5.41) is 17.1. The van der Waals surface area contributed by atoms with Crippen LogP contribution in [-0.4, -0.2) is 52.0 Å². The molecule has 0 unspecified atom stereocenters. The summed E-state index contributed by atoms with van der Waals surface area (Å²) in [5.41, 5.74) is 2.65. The Hall–Kier alpha value is -4.48. The number of nitrogens with zero attached hydrogens (tertiary/aromatic N) is 2. The number of halogens is 3. The number of rotatable bonds is 11. The minimum Gasteiger partial charge on any atom is -0.446 e. The van der Waals surface area contributed by atoms with Gasteiger partial charge in [-0.25, -0.2) is 4.98 Å². The maximum atomic E-state index is 13.7. The van der Waals surface area contributed by atoms with Crippen LogP contribution < -0.4 is 10.6 Å². The molecule has 1 fully saturated rings. The summed E-state index contributed by atoms with van der Waals surface area (Å²) in [6.45, 7) is 4.29. The summed E-state index contributed by atoms with van der Waals surface area (Å²) < 4.78 is 45.0. The number of carbonyl (C=O) groups excluding carboxylic acids is 2. The van der Waals surface area contributed by atoms with Gasteiger partial charge in [0.05, 0.1) is 23.4 Å². The van der Waals surface area contributed by atoms with Crippen LogP contribution in [0, 0.1) is 13.8 Å². The number of aliphatic hydroxyl groups is 1. The number of aliphatic hydroxyl groups excluding tert-OH is 1. The van der Waals surface area contributed by atoms with Crippen molar-refractivity contribution < 1.29 is 32.3 Å². The first-order valence-corrected chi connectivity index (χ1v) is 15.2. The number of likely N-dealkylation sites (tertiary alicyclic amines) is 1. The Morgan fingerprint density at radius 2 is 1.76 bits per heavy atom. The van der Waals surface area contributed by atoms with E-state index in [0.29, 0.717) is 30.0 Å². The first kappa shape index (κ1) is 32.9. The quantitative estimate of drug-likeness (QED) is 0.193. The maximum Gasteiger partial charge on any atom is 0.416 e. The standard InChI is InChI=1S/C35H37F3N4O4/c1-22-14-26(18-27(15-22)34(45)42-13-7-12-30(42)33-40-23(2)21-46-33)32(44)41-29(17-24-8-4-3-5-9-24)31(43)20-39-19-25-10-6-11-28(16-25)35(36,37)38/h3-6,8-11,14-16,18,21,29-31,39,43H,7,12-13,17,19-20H2,1-2H3,(H,41,44)/t29-,30+,31-/m0/s1. The Kier molecular flexibility index (Phi) is 10.2. The van der Waals surface area contributed by atoms with Gasteiger partial charge in [0.2, 0.25) is 5.89 Å². The van der Waals surface area contributed by atoms with Crippen molar-refractivity contribution in [1.82, 2.24) is 20.5 Å². The van der Waals surface area contributed by atoms with E-state index in [-0.39, 0.29) is 30.6 Å². The van der Waals surface area contributed by atoms with Crippen LogP contribution in [-0.2, 0) is 19.1 Å². The molecule has 3 atom stereocenters. The summed E-state index contributed by atoms with van der Waals surface area (Å²) in [5.74, 6) is -0.193. The molecule has 1 aliphatic heterocycles. The lowest BCUT2D eigenvalue weighted by Gasteiger charge is -2.25. The van der Waals surface area contributed by atoms with Gasteiger partial charge in [-0.3, -0.25) is 9.59 Å². The second kappa shape index (κ2) is 14.3. The fourth-order valence-corrected chi connectivity index (χ4v) is 5.76. The monoisotopic (exact) mass is 634 g/mol. The van der Waals surface area contributed by atoms with E-state index in [0.717, 1.165) is 41.8 Å². The van der Waals surface area contributed by atoms with Gasteiger partial charge in [0.25, 0.3) is 11.8 Å². The van der Waals surface area contributed by atoms with Gasteiger partial charge in [0.15, 0.2) is 0 Å². The Labute approximate surface area is 265 Å². The predicted octanol–water partition coefficient (Wildman–Crippen LogP) is 5.78. The maximum absolute atomic E-state index is 13.7. The molecule has 46 heavy (non-hydrogen) atoms. The van der Waals surface area contributed by atoms with Crippen LogP contribution >= 0.6 is 0 Å². The second-order valence-electron chi connectivity index (χ2n) is 11.7. The molecule has 3 aromatic carbocycles. The molecule has 8 nitrogen and oxygen atoms in total. The Morgan fingerprint density at radius 1 is 1.02 bits per heavy atom. The van der Waals surface area contributed by atoms with E-state index in [1.165, 1.54) is 6.07 Å². The first-order valence-electron chi connectivity index (χ1n) is 15.2. The topological polar surface area (TPSA) is 108 Å². The molecule has 2 amide bonds. The average Bonchev–Trinajstić information content (AvgIpc) is 3.69. The number of hydrogen-bond donors (Lipinski definition) is 3. The lowest BCUT2D eigenvalue weighted by atomic mass is 9.99. The SMILES string of the molecule is Cc1cc(C(=O)N[C@@H](Cc2ccccc2)[C@@H](O)CNCc2cccc(C(F)(F)F)c2)cc(C(=O)N2CCC[C@@H]2c2nc(C)co2)c1. The lowest BCUT2D eigenvalue weighted by Crippen LogP contribution is -2.48. The van der Waals surface area contributed by atoms with Crippen molar-refractivity contribution in [3.63, 3.8) is 0 Å². The summed E-state index contributed by atoms with van der Waals surface area (Å²) in [6.07, 6.45) is -2.12. The number of oxazole rings is 1. The highest BCUT2D eigenvalue weighted by Gasteiger charge is 2.34. The van der Waals surface area contributed by atoms with Gasteiger partial charge < -0.3 is 25.1 Å². The summed E-state index contributed by atoms with van der Waals surface area (Å²) >= 11 is 0. The van der Waals surface area contributed by atoms with E-state index in [9.17, 15) is 27.9 Å². The van der Waals surface area contributed by atoms with E-state index in [4.69, 9.17) is 4.42 Å². The highest BCUT2D eigenvalue weighted by molar-refractivity contribution is 6.00. The van der Waals surface area contributed by atoms with Gasteiger partial charge in [0, 0.05) is 30.8 Å². The Morgan fingerprint density at radius 3 is 2.48 bits per heavy atom. The van der Waals surface area contributed by atoms with E-state index in [2.05, 4.69) is 15.6 Å². The summed E-state index contributed by atoms with van der Waals surface area (Å²) in [6, 6.07) is 18.3. The molecule has 0 saturated carbocycles. The molecule has 2 heterocycles. The zero-order chi connectivity index (χ0) is 32.8. The summed E-state index contributed by atoms with van der Waals surface area (Å²) in [7, 11) is 0. The molecular formula is C35H37F3N4O4. The van der Waals surface area contributed by atoms with Crippen LogP contribution in [0.25, 0.3) is 0 Å². The number of amides is 2. The minimum absolute atomic E-state index is 0.0161. The average molecular weight is 635 g/mol. The molecule has 5 rings (SSSR count). The van der Waals surface area contributed by atoms with E-state index >= 15 is 0 Å².